The van der Waals surface area contributed by atoms with Crippen molar-refractivity contribution in [3.63, 3.8) is 0 Å². The maximum Gasteiger partial charge on any atom is 0.192 e. The Bertz CT molecular complexity index is 865. The molecule has 0 saturated heterocycles. The van der Waals surface area contributed by atoms with Crippen LogP contribution in [0.5, 0.6) is 0 Å². The minimum absolute atomic E-state index is 0.0243. The summed E-state index contributed by atoms with van der Waals surface area (Å²) in [6.45, 7) is 28.0. The third kappa shape index (κ3) is 5.08. The molecule has 3 rings (SSSR count). The quantitative estimate of drug-likeness (QED) is 0.377. The van der Waals surface area contributed by atoms with E-state index >= 15 is 0 Å². The Morgan fingerprint density at radius 1 is 1.00 bits per heavy atom. The molecule has 3 aliphatic rings. The lowest BCUT2D eigenvalue weighted by Gasteiger charge is -2.59. The summed E-state index contributed by atoms with van der Waals surface area (Å²) >= 11 is 0. The summed E-state index contributed by atoms with van der Waals surface area (Å²) in [6, 6.07) is 0. The molecule has 0 aromatic carbocycles. The van der Waals surface area contributed by atoms with Crippen LogP contribution in [0.15, 0.2) is 11.6 Å². The van der Waals surface area contributed by atoms with Crippen LogP contribution >= 0.6 is 0 Å². The van der Waals surface area contributed by atoms with E-state index in [2.05, 4.69) is 81.6 Å². The number of rotatable bonds is 5. The number of allylic oxidation sites excluding steroid dienone is 2. The van der Waals surface area contributed by atoms with Crippen LogP contribution in [-0.2, 0) is 13.6 Å². The molecule has 0 aromatic heterocycles. The van der Waals surface area contributed by atoms with Crippen LogP contribution in [0.3, 0.4) is 0 Å². The predicted molar refractivity (Wildman–Crippen MR) is 151 cm³/mol. The molecule has 0 heterocycles. The van der Waals surface area contributed by atoms with E-state index in [0.717, 1.165) is 25.7 Å². The van der Waals surface area contributed by atoms with Crippen LogP contribution in [0.4, 0.5) is 0 Å². The van der Waals surface area contributed by atoms with Gasteiger partial charge >= 0.3 is 0 Å². The number of carbonyl (C=O) groups is 1. The van der Waals surface area contributed by atoms with Crippen molar-refractivity contribution in [1.82, 2.24) is 0 Å². The molecule has 0 aromatic rings. The topological polar surface area (TPSA) is 55.8 Å². The maximum atomic E-state index is 12.9. The number of aliphatic hydroxyl groups is 1. The van der Waals surface area contributed by atoms with Gasteiger partial charge in [-0.15, -0.1) is 0 Å². The number of hydrogen-bond acceptors (Lipinski definition) is 4. The fraction of sp³-hybridized carbons (Fsp3) is 0.897. The van der Waals surface area contributed by atoms with Gasteiger partial charge in [0.15, 0.2) is 22.4 Å². The van der Waals surface area contributed by atoms with Crippen LogP contribution in [0, 0.1) is 16.7 Å². The smallest absolute Gasteiger partial charge is 0.192 e. The second-order valence-corrected chi connectivity index (χ2v) is 25.2. The zero-order chi connectivity index (χ0) is 26.9. The van der Waals surface area contributed by atoms with Gasteiger partial charge in [-0.3, -0.25) is 4.79 Å². The number of carbonyl (C=O) groups excluding carboxylic acids is 1. The van der Waals surface area contributed by atoms with Crippen LogP contribution in [-0.4, -0.2) is 45.8 Å². The molecule has 3 aliphatic carbocycles. The molecular weight excluding hydrogens is 468 g/mol. The molecule has 1 N–H and O–H groups in total. The molecule has 0 radical (unpaired) electrons. The SMILES string of the molecule is CC(C)(C)[Si](C)(C)OC[C@H]1CC[C@@H](O[Si](C)(C)C(C)(C)C)[C@@]2(C)CCC3=CC(=O)C[C@]3(C)CC12O. The number of ketones is 1. The zero-order valence-electron chi connectivity index (χ0n) is 24.9. The van der Waals surface area contributed by atoms with Gasteiger partial charge in [0.25, 0.3) is 0 Å². The highest BCUT2D eigenvalue weighted by atomic mass is 28.4. The zero-order valence-corrected chi connectivity index (χ0v) is 26.9. The standard InChI is InChI=1S/C29H54O4Si2/c1-25(2,3)34(9,10)32-19-22-13-14-24(33-35(11,12)26(4,5)6)28(8)16-15-21-17-23(30)18-27(21,7)20-29(22,28)31/h17,22,24,31H,13-16,18-20H2,1-12H3/t22-,24-,27-,28-,29?/m1/s1. The molecule has 0 amide bonds. The lowest BCUT2D eigenvalue weighted by atomic mass is 9.54. The molecule has 0 bridgehead atoms. The first kappa shape index (κ1) is 29.3. The Balaban J connectivity index is 2.02. The van der Waals surface area contributed by atoms with E-state index < -0.39 is 22.2 Å². The molecule has 5 atom stereocenters. The lowest BCUT2D eigenvalue weighted by molar-refractivity contribution is -0.208. The average Bonchev–Trinajstić information content (AvgIpc) is 2.90. The Morgan fingerprint density at radius 3 is 2.11 bits per heavy atom. The molecule has 2 fully saturated rings. The van der Waals surface area contributed by atoms with Crippen LogP contribution in [0.25, 0.3) is 0 Å². The first-order valence-corrected chi connectivity index (χ1v) is 19.7. The van der Waals surface area contributed by atoms with Gasteiger partial charge in [-0.1, -0.05) is 61.0 Å². The molecule has 35 heavy (non-hydrogen) atoms. The molecular formula is C29H54O4Si2. The van der Waals surface area contributed by atoms with E-state index in [1.54, 1.807) is 0 Å². The summed E-state index contributed by atoms with van der Waals surface area (Å²) in [7, 11) is -3.98. The van der Waals surface area contributed by atoms with Crippen LogP contribution in [0.1, 0.15) is 93.9 Å². The van der Waals surface area contributed by atoms with E-state index in [4.69, 9.17) is 8.85 Å². The van der Waals surface area contributed by atoms with Gasteiger partial charge in [0.2, 0.25) is 0 Å². The third-order valence-electron chi connectivity index (χ3n) is 11.1. The van der Waals surface area contributed by atoms with Crippen LogP contribution < -0.4 is 0 Å². The number of hydrogen-bond donors (Lipinski definition) is 1. The molecule has 1 unspecified atom stereocenters. The van der Waals surface area contributed by atoms with Gasteiger partial charge in [0.05, 0.1) is 11.7 Å². The van der Waals surface area contributed by atoms with Crippen molar-refractivity contribution in [3.8, 4) is 0 Å². The second-order valence-electron chi connectivity index (χ2n) is 15.6. The van der Waals surface area contributed by atoms with Gasteiger partial charge in [-0.05, 0) is 79.9 Å². The van der Waals surface area contributed by atoms with Gasteiger partial charge in [-0.2, -0.15) is 0 Å². The molecule has 6 heteroatoms. The van der Waals surface area contributed by atoms with Gasteiger partial charge in [-0.25, -0.2) is 0 Å². The van der Waals surface area contributed by atoms with E-state index in [-0.39, 0.29) is 38.7 Å². The highest BCUT2D eigenvalue weighted by molar-refractivity contribution is 6.74. The summed E-state index contributed by atoms with van der Waals surface area (Å²) < 4.78 is 13.9. The molecule has 4 nitrogen and oxygen atoms in total. The highest BCUT2D eigenvalue weighted by Crippen LogP contribution is 2.62. The fourth-order valence-electron chi connectivity index (χ4n) is 6.30. The monoisotopic (exact) mass is 522 g/mol. The summed E-state index contributed by atoms with van der Waals surface area (Å²) in [6.07, 6.45) is 6.64. The van der Waals surface area contributed by atoms with Crippen molar-refractivity contribution in [2.75, 3.05) is 6.61 Å². The normalized spacial score (nSPS) is 36.9. The minimum atomic E-state index is -2.02. The summed E-state index contributed by atoms with van der Waals surface area (Å²) in [5, 5.41) is 13.1. The average molecular weight is 523 g/mol. The van der Waals surface area contributed by atoms with Crippen LogP contribution in [0.2, 0.25) is 36.3 Å². The Morgan fingerprint density at radius 2 is 1.57 bits per heavy atom. The molecule has 202 valence electrons. The minimum Gasteiger partial charge on any atom is -0.416 e. The lowest BCUT2D eigenvalue weighted by Crippen LogP contribution is -2.65. The van der Waals surface area contributed by atoms with Crippen molar-refractivity contribution in [2.45, 2.75) is 142 Å². The first-order chi connectivity index (χ1) is 15.6. The Hall–Kier alpha value is -0.276. The molecule has 2 saturated carbocycles. The van der Waals surface area contributed by atoms with Gasteiger partial charge < -0.3 is 14.0 Å². The van der Waals surface area contributed by atoms with Crippen molar-refractivity contribution in [2.24, 2.45) is 16.7 Å². The van der Waals surface area contributed by atoms with Crippen molar-refractivity contribution < 1.29 is 18.8 Å². The third-order valence-corrected chi connectivity index (χ3v) is 20.1. The number of fused-ring (bicyclic) bond motifs is 2. The predicted octanol–water partition coefficient (Wildman–Crippen LogP) is 7.64. The molecule has 0 aliphatic heterocycles. The van der Waals surface area contributed by atoms with E-state index in [1.807, 2.05) is 6.08 Å². The fourth-order valence-corrected chi connectivity index (χ4v) is 8.80. The van der Waals surface area contributed by atoms with E-state index in [0.29, 0.717) is 19.4 Å². The second kappa shape index (κ2) is 8.89. The summed E-state index contributed by atoms with van der Waals surface area (Å²) in [4.78, 5) is 12.5. The van der Waals surface area contributed by atoms with Gasteiger partial charge in [0.1, 0.15) is 0 Å². The van der Waals surface area contributed by atoms with E-state index in [9.17, 15) is 9.90 Å². The van der Waals surface area contributed by atoms with Crippen molar-refractivity contribution >= 4 is 22.4 Å². The van der Waals surface area contributed by atoms with Crippen molar-refractivity contribution in [3.05, 3.63) is 11.6 Å². The van der Waals surface area contributed by atoms with Gasteiger partial charge in [0, 0.05) is 24.4 Å². The summed E-state index contributed by atoms with van der Waals surface area (Å²) in [5.41, 5.74) is -0.339. The largest absolute Gasteiger partial charge is 0.416 e. The Labute approximate surface area is 217 Å². The van der Waals surface area contributed by atoms with Crippen molar-refractivity contribution in [1.29, 1.82) is 0 Å². The highest BCUT2D eigenvalue weighted by Gasteiger charge is 2.64. The summed E-state index contributed by atoms with van der Waals surface area (Å²) in [5.74, 6) is 0.265. The van der Waals surface area contributed by atoms with E-state index in [1.165, 1.54) is 5.57 Å². The maximum absolute atomic E-state index is 12.9. The molecule has 0 spiro atoms. The first-order valence-electron chi connectivity index (χ1n) is 13.9. The Kier molecular flexibility index (Phi) is 7.44.